The highest BCUT2D eigenvalue weighted by Crippen LogP contribution is 2.27. The van der Waals surface area contributed by atoms with Crippen molar-refractivity contribution >= 4 is 25.1 Å². The number of carbonyl (C=O) groups excluding carboxylic acids is 1. The van der Waals surface area contributed by atoms with Gasteiger partial charge in [0.15, 0.2) is 5.58 Å². The molecular weight excluding hydrogens is 506 g/mol. The Morgan fingerprint density at radius 1 is 1.10 bits per heavy atom. The van der Waals surface area contributed by atoms with Crippen LogP contribution in [0.2, 0.25) is 25.7 Å². The molecule has 0 aliphatic carbocycles. The topological polar surface area (TPSA) is 76.7 Å². The van der Waals surface area contributed by atoms with Gasteiger partial charge in [-0.3, -0.25) is 4.79 Å². The first kappa shape index (κ1) is 30.9. The molecule has 7 nitrogen and oxygen atoms in total. The molecule has 0 saturated carbocycles. The lowest BCUT2D eigenvalue weighted by Gasteiger charge is -2.25. The lowest BCUT2D eigenvalue weighted by Crippen LogP contribution is -2.41. The summed E-state index contributed by atoms with van der Waals surface area (Å²) in [5.74, 6) is 0.391. The van der Waals surface area contributed by atoms with Crippen molar-refractivity contribution in [2.24, 2.45) is 5.92 Å². The van der Waals surface area contributed by atoms with Crippen LogP contribution in [0.3, 0.4) is 0 Å². The largest absolute Gasteiger partial charge is 0.421 e. The number of aromatic nitrogens is 1. The highest BCUT2D eigenvalue weighted by molar-refractivity contribution is 6.76. The molecule has 8 heteroatoms. The SMILES string of the molecule is CC(C)C[C@@H](CC(=O)NC[C@H](Cc1ccc2c(c1)oc(=O)n2COCC[Si](C)(C)C)N(C)C)c1ccccc1. The standard InChI is InChI=1S/C31H47N3O4Si/c1-23(2)17-26(25-11-9-8-10-12-25)20-30(35)32-21-27(33(3)4)18-24-13-14-28-29(19-24)38-31(36)34(28)22-37-15-16-39(5,6)7/h8-14,19,23,26-27H,15-18,20-22H2,1-7H3,(H,32,35)/t26-,27-/m0/s1. The molecule has 1 N–H and O–H groups in total. The number of ether oxygens (including phenoxy) is 1. The van der Waals surface area contributed by atoms with Crippen LogP contribution >= 0.6 is 0 Å². The van der Waals surface area contributed by atoms with Crippen LogP contribution in [0.4, 0.5) is 0 Å². The summed E-state index contributed by atoms with van der Waals surface area (Å²) in [6.07, 6.45) is 2.18. The Bertz CT molecular complexity index is 1240. The van der Waals surface area contributed by atoms with Crippen LogP contribution in [0.5, 0.6) is 0 Å². The summed E-state index contributed by atoms with van der Waals surface area (Å²) in [6, 6.07) is 17.4. The van der Waals surface area contributed by atoms with Gasteiger partial charge in [-0.1, -0.05) is 69.9 Å². The summed E-state index contributed by atoms with van der Waals surface area (Å²) in [5.41, 5.74) is 3.57. The number of benzene rings is 2. The molecule has 1 amide bonds. The van der Waals surface area contributed by atoms with Gasteiger partial charge in [0, 0.05) is 33.7 Å². The van der Waals surface area contributed by atoms with E-state index in [1.807, 2.05) is 50.5 Å². The third kappa shape index (κ3) is 9.78. The molecule has 0 fully saturated rings. The number of rotatable bonds is 15. The Kier molecular flexibility index (Phi) is 11.2. The molecule has 1 heterocycles. The van der Waals surface area contributed by atoms with Gasteiger partial charge in [-0.2, -0.15) is 0 Å². The van der Waals surface area contributed by atoms with E-state index in [0.717, 1.165) is 30.0 Å². The quantitative estimate of drug-likeness (QED) is 0.193. The molecule has 0 bridgehead atoms. The van der Waals surface area contributed by atoms with Crippen LogP contribution in [-0.2, 0) is 22.7 Å². The van der Waals surface area contributed by atoms with Crippen molar-refractivity contribution in [2.45, 2.75) is 77.5 Å². The van der Waals surface area contributed by atoms with Gasteiger partial charge in [-0.05, 0) is 68.1 Å². The molecule has 0 radical (unpaired) electrons. The molecular formula is C31H47N3O4Si. The van der Waals surface area contributed by atoms with E-state index in [1.54, 1.807) is 4.57 Å². The Labute approximate surface area is 234 Å². The minimum absolute atomic E-state index is 0.0732. The number of nitrogens with zero attached hydrogens (tertiary/aromatic N) is 2. The maximum atomic E-state index is 13.0. The fraction of sp³-hybridized carbons (Fsp3) is 0.548. The summed E-state index contributed by atoms with van der Waals surface area (Å²) >= 11 is 0. The molecule has 0 unspecified atom stereocenters. The second-order valence-corrected chi connectivity index (χ2v) is 18.1. The zero-order chi connectivity index (χ0) is 28.6. The predicted molar refractivity (Wildman–Crippen MR) is 162 cm³/mol. The Morgan fingerprint density at radius 3 is 2.46 bits per heavy atom. The maximum absolute atomic E-state index is 13.0. The van der Waals surface area contributed by atoms with Gasteiger partial charge in [0.2, 0.25) is 5.91 Å². The lowest BCUT2D eigenvalue weighted by molar-refractivity contribution is -0.121. The zero-order valence-electron chi connectivity index (χ0n) is 24.8. The molecule has 0 aliphatic rings. The van der Waals surface area contributed by atoms with Gasteiger partial charge >= 0.3 is 5.76 Å². The van der Waals surface area contributed by atoms with E-state index in [1.165, 1.54) is 5.56 Å². The summed E-state index contributed by atoms with van der Waals surface area (Å²) in [7, 11) is 2.86. The van der Waals surface area contributed by atoms with Crippen molar-refractivity contribution in [3.05, 3.63) is 70.2 Å². The predicted octanol–water partition coefficient (Wildman–Crippen LogP) is 5.72. The first-order valence-electron chi connectivity index (χ1n) is 14.1. The van der Waals surface area contributed by atoms with Crippen LogP contribution in [0.25, 0.3) is 11.1 Å². The summed E-state index contributed by atoms with van der Waals surface area (Å²) < 4.78 is 12.9. The smallest absolute Gasteiger partial charge is 0.408 e. The zero-order valence-corrected chi connectivity index (χ0v) is 25.8. The van der Waals surface area contributed by atoms with E-state index >= 15 is 0 Å². The number of fused-ring (bicyclic) bond motifs is 1. The molecule has 2 atom stereocenters. The number of carbonyl (C=O) groups is 1. The second kappa shape index (κ2) is 14.1. The Balaban J connectivity index is 1.61. The summed E-state index contributed by atoms with van der Waals surface area (Å²) in [6.45, 7) is 12.7. The van der Waals surface area contributed by atoms with Gasteiger partial charge in [-0.25, -0.2) is 9.36 Å². The van der Waals surface area contributed by atoms with Crippen molar-refractivity contribution in [1.82, 2.24) is 14.8 Å². The molecule has 3 rings (SSSR count). The third-order valence-electron chi connectivity index (χ3n) is 7.14. The van der Waals surface area contributed by atoms with Crippen LogP contribution in [0.1, 0.15) is 43.7 Å². The van der Waals surface area contributed by atoms with E-state index in [0.29, 0.717) is 31.1 Å². The molecule has 1 aromatic heterocycles. The van der Waals surface area contributed by atoms with Gasteiger partial charge in [-0.15, -0.1) is 0 Å². The average Bonchev–Trinajstić information content (AvgIpc) is 3.17. The molecule has 3 aromatic rings. The molecule has 0 aliphatic heterocycles. The number of amides is 1. The number of hydrogen-bond acceptors (Lipinski definition) is 5. The minimum Gasteiger partial charge on any atom is -0.408 e. The van der Waals surface area contributed by atoms with Crippen molar-refractivity contribution in [3.8, 4) is 0 Å². The second-order valence-electron chi connectivity index (χ2n) is 12.5. The van der Waals surface area contributed by atoms with Crippen LogP contribution in [0.15, 0.2) is 57.7 Å². The van der Waals surface area contributed by atoms with E-state index < -0.39 is 13.8 Å². The number of nitrogens with one attached hydrogen (secondary N) is 1. The van der Waals surface area contributed by atoms with Gasteiger partial charge < -0.3 is 19.4 Å². The molecule has 0 saturated heterocycles. The fourth-order valence-electron chi connectivity index (χ4n) is 4.76. The van der Waals surface area contributed by atoms with Gasteiger partial charge in [0.25, 0.3) is 0 Å². The van der Waals surface area contributed by atoms with Crippen LogP contribution in [0, 0.1) is 5.92 Å². The number of hydrogen-bond donors (Lipinski definition) is 1. The molecule has 39 heavy (non-hydrogen) atoms. The van der Waals surface area contributed by atoms with E-state index in [-0.39, 0.29) is 24.6 Å². The summed E-state index contributed by atoms with van der Waals surface area (Å²) in [5, 5.41) is 3.18. The minimum atomic E-state index is -1.19. The Hall–Kier alpha value is -2.68. The van der Waals surface area contributed by atoms with E-state index in [2.05, 4.69) is 55.8 Å². The fourth-order valence-corrected chi connectivity index (χ4v) is 5.52. The average molecular weight is 554 g/mol. The lowest BCUT2D eigenvalue weighted by atomic mass is 9.87. The van der Waals surface area contributed by atoms with E-state index in [4.69, 9.17) is 9.15 Å². The maximum Gasteiger partial charge on any atom is 0.421 e. The molecule has 0 spiro atoms. The normalized spacial score (nSPS) is 13.8. The van der Waals surface area contributed by atoms with Crippen molar-refractivity contribution in [3.63, 3.8) is 0 Å². The van der Waals surface area contributed by atoms with Gasteiger partial charge in [0.1, 0.15) is 6.73 Å². The van der Waals surface area contributed by atoms with Crippen molar-refractivity contribution in [2.75, 3.05) is 27.2 Å². The number of oxazole rings is 1. The monoisotopic (exact) mass is 553 g/mol. The first-order chi connectivity index (χ1) is 18.4. The van der Waals surface area contributed by atoms with Crippen molar-refractivity contribution < 1.29 is 13.9 Å². The van der Waals surface area contributed by atoms with Crippen LogP contribution < -0.4 is 11.1 Å². The van der Waals surface area contributed by atoms with E-state index in [9.17, 15) is 9.59 Å². The molecule has 214 valence electrons. The first-order valence-corrected chi connectivity index (χ1v) is 17.8. The van der Waals surface area contributed by atoms with Crippen molar-refractivity contribution in [1.29, 1.82) is 0 Å². The van der Waals surface area contributed by atoms with Gasteiger partial charge in [0.05, 0.1) is 5.52 Å². The highest BCUT2D eigenvalue weighted by atomic mass is 28.3. The number of likely N-dealkylation sites (N-methyl/N-ethyl adjacent to an activating group) is 1. The Morgan fingerprint density at radius 2 is 1.82 bits per heavy atom. The third-order valence-corrected chi connectivity index (χ3v) is 8.85. The van der Waals surface area contributed by atoms with Crippen LogP contribution in [-0.4, -0.2) is 56.7 Å². The summed E-state index contributed by atoms with van der Waals surface area (Å²) in [4.78, 5) is 27.6. The highest BCUT2D eigenvalue weighted by Gasteiger charge is 2.20. The molecule has 2 aromatic carbocycles.